The second-order valence-electron chi connectivity index (χ2n) is 9.75. The van der Waals surface area contributed by atoms with Crippen LogP contribution in [-0.4, -0.2) is 27.0 Å². The summed E-state index contributed by atoms with van der Waals surface area (Å²) in [5.74, 6) is -1.47. The molecule has 5 aromatic rings. The number of aliphatic hydroxyl groups is 1. The molecule has 1 fully saturated rings. The Morgan fingerprint density at radius 1 is 0.932 bits per heavy atom. The summed E-state index contributed by atoms with van der Waals surface area (Å²) in [7, 11) is 0. The number of halogens is 2. The molecule has 1 aromatic heterocycles. The predicted octanol–water partition coefficient (Wildman–Crippen LogP) is 7.83. The lowest BCUT2D eigenvalue weighted by Gasteiger charge is -2.22. The maximum atomic E-state index is 14.1. The fraction of sp³-hybridized carbons (Fsp3) is 0.0909. The van der Waals surface area contributed by atoms with Crippen LogP contribution in [0.1, 0.15) is 28.3 Å². The van der Waals surface area contributed by atoms with Gasteiger partial charge in [0.15, 0.2) is 4.34 Å². The van der Waals surface area contributed by atoms with Crippen molar-refractivity contribution in [2.24, 2.45) is 0 Å². The van der Waals surface area contributed by atoms with Gasteiger partial charge < -0.3 is 9.84 Å². The van der Waals surface area contributed by atoms with Gasteiger partial charge in [0, 0.05) is 16.3 Å². The highest BCUT2D eigenvalue weighted by Gasteiger charge is 2.48. The molecule has 4 aromatic carbocycles. The van der Waals surface area contributed by atoms with Gasteiger partial charge in [0.05, 0.1) is 11.6 Å². The first-order chi connectivity index (χ1) is 21.4. The SMILES string of the molecule is O=C1C(=O)N(c2nnc(SCc3ccccc3F)s2)C(c2ccc(OCc3ccccc3)cc2)/C1=C(/O)c1ccc(Cl)cc1. The number of hydrogen-bond acceptors (Lipinski definition) is 8. The van der Waals surface area contributed by atoms with E-state index in [0.717, 1.165) is 16.9 Å². The third kappa shape index (κ3) is 6.23. The number of nitrogens with zero attached hydrogens (tertiary/aromatic N) is 3. The van der Waals surface area contributed by atoms with Gasteiger partial charge in [-0.05, 0) is 59.2 Å². The van der Waals surface area contributed by atoms with Crippen molar-refractivity contribution in [2.45, 2.75) is 22.7 Å². The number of anilines is 1. The number of amides is 1. The molecule has 0 radical (unpaired) electrons. The zero-order chi connectivity index (χ0) is 30.6. The van der Waals surface area contributed by atoms with Crippen LogP contribution in [0.25, 0.3) is 5.76 Å². The van der Waals surface area contributed by atoms with Gasteiger partial charge in [-0.3, -0.25) is 14.5 Å². The number of aliphatic hydroxyl groups excluding tert-OH is 1. The number of thioether (sulfide) groups is 1. The van der Waals surface area contributed by atoms with E-state index in [4.69, 9.17) is 16.3 Å². The molecule has 1 atom stereocenters. The maximum absolute atomic E-state index is 14.1. The number of carbonyl (C=O) groups excluding carboxylic acids is 2. The fourth-order valence-electron chi connectivity index (χ4n) is 4.71. The van der Waals surface area contributed by atoms with E-state index in [1.165, 1.54) is 22.7 Å². The van der Waals surface area contributed by atoms with Crippen molar-refractivity contribution in [2.75, 3.05) is 4.90 Å². The monoisotopic (exact) mass is 643 g/mol. The van der Waals surface area contributed by atoms with Gasteiger partial charge in [0.2, 0.25) is 5.13 Å². The number of carbonyl (C=O) groups is 2. The number of Topliss-reactive ketones (excluding diaryl/α,β-unsaturated/α-hetero) is 1. The third-order valence-corrected chi connectivity index (χ3v) is 9.27. The molecule has 0 spiro atoms. The van der Waals surface area contributed by atoms with Gasteiger partial charge in [-0.25, -0.2) is 4.39 Å². The van der Waals surface area contributed by atoms with Crippen molar-refractivity contribution in [1.82, 2.24) is 10.2 Å². The molecule has 11 heteroatoms. The molecule has 1 unspecified atom stereocenters. The first-order valence-electron chi connectivity index (χ1n) is 13.4. The van der Waals surface area contributed by atoms with E-state index in [-0.39, 0.29) is 22.3 Å². The van der Waals surface area contributed by atoms with Crippen molar-refractivity contribution in [1.29, 1.82) is 0 Å². The van der Waals surface area contributed by atoms with E-state index in [1.54, 1.807) is 66.7 Å². The third-order valence-electron chi connectivity index (χ3n) is 6.92. The van der Waals surface area contributed by atoms with Crippen molar-refractivity contribution < 1.29 is 23.8 Å². The largest absolute Gasteiger partial charge is 0.507 e. The zero-order valence-corrected chi connectivity index (χ0v) is 25.3. The van der Waals surface area contributed by atoms with Crippen molar-refractivity contribution in [3.63, 3.8) is 0 Å². The van der Waals surface area contributed by atoms with Crippen LogP contribution in [0.4, 0.5) is 9.52 Å². The fourth-order valence-corrected chi connectivity index (χ4v) is 6.69. The zero-order valence-electron chi connectivity index (χ0n) is 22.9. The quantitative estimate of drug-likeness (QED) is 0.0575. The molecule has 0 bridgehead atoms. The molecule has 1 aliphatic heterocycles. The second kappa shape index (κ2) is 13.0. The van der Waals surface area contributed by atoms with Crippen molar-refractivity contribution in [3.8, 4) is 5.75 Å². The Morgan fingerprint density at radius 2 is 1.64 bits per heavy atom. The summed E-state index contributed by atoms with van der Waals surface area (Å²) in [4.78, 5) is 28.2. The number of benzene rings is 4. The van der Waals surface area contributed by atoms with E-state index in [9.17, 15) is 19.1 Å². The second-order valence-corrected chi connectivity index (χ2v) is 12.4. The van der Waals surface area contributed by atoms with Crippen LogP contribution in [0.3, 0.4) is 0 Å². The lowest BCUT2D eigenvalue weighted by Crippen LogP contribution is -2.29. The standard InChI is InChI=1S/C33H23ClFN3O4S2/c34-24-14-10-22(11-15-24)29(39)27-28(21-12-16-25(17-13-21)42-18-20-6-2-1-3-7-20)38(31(41)30(27)40)32-36-37-33(44-32)43-19-23-8-4-5-9-26(23)35/h1-17,28,39H,18-19H2/b29-27-. The van der Waals surface area contributed by atoms with Crippen molar-refractivity contribution >= 4 is 57.3 Å². The lowest BCUT2D eigenvalue weighted by molar-refractivity contribution is -0.132. The van der Waals surface area contributed by atoms with E-state index in [1.807, 2.05) is 30.3 Å². The number of ketones is 1. The van der Waals surface area contributed by atoms with Gasteiger partial charge in [0.1, 0.15) is 23.9 Å². The Kier molecular flexibility index (Phi) is 8.74. The molecule has 1 N–H and O–H groups in total. The number of aromatic nitrogens is 2. The van der Waals surface area contributed by atoms with Crippen LogP contribution < -0.4 is 9.64 Å². The number of rotatable bonds is 9. The summed E-state index contributed by atoms with van der Waals surface area (Å²) in [6.07, 6.45) is 0. The highest BCUT2D eigenvalue weighted by atomic mass is 35.5. The smallest absolute Gasteiger partial charge is 0.301 e. The molecule has 0 aliphatic carbocycles. The van der Waals surface area contributed by atoms with Crippen LogP contribution in [0.2, 0.25) is 5.02 Å². The van der Waals surface area contributed by atoms with Gasteiger partial charge >= 0.3 is 5.91 Å². The van der Waals surface area contributed by atoms with E-state index in [0.29, 0.717) is 44.2 Å². The Bertz CT molecular complexity index is 1850. The minimum absolute atomic E-state index is 0.0916. The lowest BCUT2D eigenvalue weighted by atomic mass is 9.95. The van der Waals surface area contributed by atoms with Crippen molar-refractivity contribution in [3.05, 3.63) is 142 Å². The Balaban J connectivity index is 1.34. The van der Waals surface area contributed by atoms with Gasteiger partial charge in [-0.1, -0.05) is 95.4 Å². The van der Waals surface area contributed by atoms with Crippen LogP contribution in [-0.2, 0) is 21.9 Å². The molecule has 1 amide bonds. The first kappa shape index (κ1) is 29.6. The summed E-state index contributed by atoms with van der Waals surface area (Å²) < 4.78 is 20.6. The van der Waals surface area contributed by atoms with Gasteiger partial charge in [0.25, 0.3) is 5.78 Å². The molecule has 7 nitrogen and oxygen atoms in total. The molecular weight excluding hydrogens is 621 g/mol. The van der Waals surface area contributed by atoms with Crippen LogP contribution in [0, 0.1) is 5.82 Å². The first-order valence-corrected chi connectivity index (χ1v) is 15.6. The number of hydrogen-bond donors (Lipinski definition) is 1. The highest BCUT2D eigenvalue weighted by molar-refractivity contribution is 8.00. The van der Waals surface area contributed by atoms with Crippen LogP contribution >= 0.6 is 34.7 Å². The van der Waals surface area contributed by atoms with E-state index in [2.05, 4.69) is 10.2 Å². The topological polar surface area (TPSA) is 92.6 Å². The van der Waals surface area contributed by atoms with Crippen LogP contribution in [0.15, 0.2) is 113 Å². The molecule has 44 heavy (non-hydrogen) atoms. The van der Waals surface area contributed by atoms with Gasteiger partial charge in [-0.2, -0.15) is 0 Å². The summed E-state index contributed by atoms with van der Waals surface area (Å²) in [6.45, 7) is 0.368. The Morgan fingerprint density at radius 3 is 2.36 bits per heavy atom. The summed E-state index contributed by atoms with van der Waals surface area (Å²) >= 11 is 8.41. The summed E-state index contributed by atoms with van der Waals surface area (Å²) in [5.41, 5.74) is 2.31. The average molecular weight is 644 g/mol. The summed E-state index contributed by atoms with van der Waals surface area (Å²) in [5, 5.41) is 20.4. The van der Waals surface area contributed by atoms with E-state index < -0.39 is 17.7 Å². The van der Waals surface area contributed by atoms with Crippen LogP contribution in [0.5, 0.6) is 5.75 Å². The molecule has 1 aliphatic rings. The molecular formula is C33H23ClFN3O4S2. The minimum Gasteiger partial charge on any atom is -0.507 e. The Labute approximate surface area is 265 Å². The normalized spacial score (nSPS) is 16.0. The molecule has 2 heterocycles. The maximum Gasteiger partial charge on any atom is 0.301 e. The highest BCUT2D eigenvalue weighted by Crippen LogP contribution is 2.44. The average Bonchev–Trinajstić information content (AvgIpc) is 3.62. The van der Waals surface area contributed by atoms with E-state index >= 15 is 0 Å². The Hall–Kier alpha value is -4.51. The predicted molar refractivity (Wildman–Crippen MR) is 169 cm³/mol. The number of ether oxygens (including phenoxy) is 1. The summed E-state index contributed by atoms with van der Waals surface area (Å²) in [6, 6.07) is 28.5. The molecule has 220 valence electrons. The minimum atomic E-state index is -0.994. The molecule has 1 saturated heterocycles. The molecule has 0 saturated carbocycles. The van der Waals surface area contributed by atoms with Gasteiger partial charge in [-0.15, -0.1) is 10.2 Å². The molecule has 6 rings (SSSR count).